The summed E-state index contributed by atoms with van der Waals surface area (Å²) in [5, 5.41) is 18.1. The van der Waals surface area contributed by atoms with Crippen molar-refractivity contribution >= 4 is 0 Å². The van der Waals surface area contributed by atoms with Gasteiger partial charge in [0.25, 0.3) is 0 Å². The van der Waals surface area contributed by atoms with Crippen LogP contribution in [0, 0.1) is 11.3 Å². The lowest BCUT2D eigenvalue weighted by Crippen LogP contribution is -1.98. The van der Waals surface area contributed by atoms with Crippen LogP contribution in [-0.2, 0) is 0 Å². The largest absolute Gasteiger partial charge is 0.497 e. The molecule has 0 fully saturated rings. The molecule has 0 bridgehead atoms. The minimum absolute atomic E-state index is 0.134. The van der Waals surface area contributed by atoms with Gasteiger partial charge in [-0.1, -0.05) is 18.7 Å². The highest BCUT2D eigenvalue weighted by Gasteiger charge is 2.10. The van der Waals surface area contributed by atoms with Crippen LogP contribution >= 0.6 is 0 Å². The van der Waals surface area contributed by atoms with Gasteiger partial charge in [0.2, 0.25) is 0 Å². The minimum Gasteiger partial charge on any atom is -0.497 e. The Kier molecular flexibility index (Phi) is 3.27. The van der Waals surface area contributed by atoms with Gasteiger partial charge in [0, 0.05) is 0 Å². The number of aliphatic hydroxyl groups excluding tert-OH is 1. The molecule has 0 aliphatic rings. The Morgan fingerprint density at radius 2 is 2.07 bits per heavy atom. The van der Waals surface area contributed by atoms with E-state index in [1.165, 1.54) is 0 Å². The van der Waals surface area contributed by atoms with Crippen molar-refractivity contribution in [2.75, 3.05) is 7.11 Å². The highest BCUT2D eigenvalue weighted by molar-refractivity contribution is 5.35. The molecule has 3 heteroatoms. The van der Waals surface area contributed by atoms with E-state index in [2.05, 4.69) is 6.58 Å². The summed E-state index contributed by atoms with van der Waals surface area (Å²) < 4.78 is 4.97. The molecule has 1 N–H and O–H groups in total. The maximum atomic E-state index is 9.59. The second-order valence-electron chi connectivity index (χ2n) is 2.81. The maximum Gasteiger partial charge on any atom is 0.118 e. The van der Waals surface area contributed by atoms with Crippen LogP contribution in [0.4, 0.5) is 0 Å². The van der Waals surface area contributed by atoms with Gasteiger partial charge >= 0.3 is 0 Å². The van der Waals surface area contributed by atoms with Crippen LogP contribution in [0.1, 0.15) is 11.7 Å². The minimum atomic E-state index is -0.925. The van der Waals surface area contributed by atoms with E-state index in [1.807, 2.05) is 6.07 Å². The van der Waals surface area contributed by atoms with Crippen molar-refractivity contribution in [2.24, 2.45) is 0 Å². The quantitative estimate of drug-likeness (QED) is 0.738. The summed E-state index contributed by atoms with van der Waals surface area (Å²) in [4.78, 5) is 0. The fourth-order valence-electron chi connectivity index (χ4n) is 1.05. The molecule has 0 aromatic heterocycles. The lowest BCUT2D eigenvalue weighted by molar-refractivity contribution is 0.221. The van der Waals surface area contributed by atoms with Crippen molar-refractivity contribution in [3.8, 4) is 11.8 Å². The molecule has 0 heterocycles. The summed E-state index contributed by atoms with van der Waals surface area (Å²) in [5.41, 5.74) is 0.771. The van der Waals surface area contributed by atoms with Crippen molar-refractivity contribution in [2.45, 2.75) is 6.10 Å². The van der Waals surface area contributed by atoms with E-state index in [0.29, 0.717) is 11.3 Å². The molecule has 1 aromatic rings. The van der Waals surface area contributed by atoms with E-state index in [1.54, 1.807) is 31.4 Å². The molecular weight excluding hydrogens is 178 g/mol. The van der Waals surface area contributed by atoms with Crippen LogP contribution in [0.5, 0.6) is 5.75 Å². The van der Waals surface area contributed by atoms with Crippen molar-refractivity contribution in [1.29, 1.82) is 5.26 Å². The third kappa shape index (κ3) is 2.12. The van der Waals surface area contributed by atoms with E-state index in [9.17, 15) is 5.11 Å². The molecule has 0 aliphatic heterocycles. The molecule has 0 radical (unpaired) electrons. The first kappa shape index (κ1) is 10.3. The molecule has 72 valence electrons. The van der Waals surface area contributed by atoms with Crippen LogP contribution in [0.2, 0.25) is 0 Å². The summed E-state index contributed by atoms with van der Waals surface area (Å²) in [7, 11) is 1.57. The lowest BCUT2D eigenvalue weighted by Gasteiger charge is -2.08. The van der Waals surface area contributed by atoms with Crippen LogP contribution in [0.25, 0.3) is 0 Å². The second-order valence-corrected chi connectivity index (χ2v) is 2.81. The van der Waals surface area contributed by atoms with Gasteiger partial charge < -0.3 is 9.84 Å². The average Bonchev–Trinajstić information content (AvgIpc) is 2.27. The Morgan fingerprint density at radius 3 is 2.50 bits per heavy atom. The molecule has 1 atom stereocenters. The second kappa shape index (κ2) is 4.45. The standard InChI is InChI=1S/C11H11NO2/c1-8(7-12)11(13)9-3-5-10(14-2)6-4-9/h3-6,11,13H,1H2,2H3/t11-/m1/s1. The molecule has 0 unspecified atom stereocenters. The van der Waals surface area contributed by atoms with Gasteiger partial charge in [0.1, 0.15) is 11.9 Å². The molecule has 1 rings (SSSR count). The summed E-state index contributed by atoms with van der Waals surface area (Å²) in [6, 6.07) is 8.67. The van der Waals surface area contributed by atoms with E-state index in [0.717, 1.165) is 0 Å². The SMILES string of the molecule is C=C(C#N)[C@@H](O)c1ccc(OC)cc1. The molecule has 0 spiro atoms. The van der Waals surface area contributed by atoms with Crippen molar-refractivity contribution in [3.63, 3.8) is 0 Å². The number of aliphatic hydroxyl groups is 1. The Labute approximate surface area is 82.9 Å². The average molecular weight is 189 g/mol. The van der Waals surface area contributed by atoms with E-state index >= 15 is 0 Å². The first-order valence-corrected chi connectivity index (χ1v) is 4.10. The predicted molar refractivity (Wildman–Crippen MR) is 52.7 cm³/mol. The molecule has 1 aromatic carbocycles. The number of ether oxygens (including phenoxy) is 1. The van der Waals surface area contributed by atoms with E-state index in [4.69, 9.17) is 10.00 Å². The molecule has 0 saturated heterocycles. The smallest absolute Gasteiger partial charge is 0.118 e. The Morgan fingerprint density at radius 1 is 1.50 bits per heavy atom. The first-order valence-electron chi connectivity index (χ1n) is 4.10. The molecule has 0 amide bonds. The molecule has 14 heavy (non-hydrogen) atoms. The number of hydrogen-bond donors (Lipinski definition) is 1. The third-order valence-corrected chi connectivity index (χ3v) is 1.91. The summed E-state index contributed by atoms with van der Waals surface area (Å²) in [6.45, 7) is 3.45. The fraction of sp³-hybridized carbons (Fsp3) is 0.182. The van der Waals surface area contributed by atoms with Crippen LogP contribution in [0.15, 0.2) is 36.4 Å². The Hall–Kier alpha value is -1.79. The number of hydrogen-bond acceptors (Lipinski definition) is 3. The lowest BCUT2D eigenvalue weighted by atomic mass is 10.0. The highest BCUT2D eigenvalue weighted by Crippen LogP contribution is 2.21. The fourth-order valence-corrected chi connectivity index (χ4v) is 1.05. The highest BCUT2D eigenvalue weighted by atomic mass is 16.5. The zero-order chi connectivity index (χ0) is 10.6. The van der Waals surface area contributed by atoms with Crippen molar-refractivity contribution in [3.05, 3.63) is 42.0 Å². The Bertz CT molecular complexity index is 362. The maximum absolute atomic E-state index is 9.59. The number of methoxy groups -OCH3 is 1. The number of benzene rings is 1. The summed E-state index contributed by atoms with van der Waals surface area (Å²) in [5.74, 6) is 0.712. The molecule has 0 aliphatic carbocycles. The van der Waals surface area contributed by atoms with Gasteiger partial charge in [0.05, 0.1) is 18.8 Å². The van der Waals surface area contributed by atoms with Crippen LogP contribution in [0.3, 0.4) is 0 Å². The molecule has 0 saturated carbocycles. The first-order chi connectivity index (χ1) is 6.69. The monoisotopic (exact) mass is 189 g/mol. The van der Waals surface area contributed by atoms with E-state index < -0.39 is 6.10 Å². The van der Waals surface area contributed by atoms with Gasteiger partial charge in [-0.25, -0.2) is 0 Å². The van der Waals surface area contributed by atoms with Gasteiger partial charge in [-0.2, -0.15) is 5.26 Å². The molecular formula is C11H11NO2. The summed E-state index contributed by atoms with van der Waals surface area (Å²) >= 11 is 0. The Balaban J connectivity index is 2.88. The van der Waals surface area contributed by atoms with Gasteiger partial charge in [-0.05, 0) is 17.7 Å². The topological polar surface area (TPSA) is 53.2 Å². The third-order valence-electron chi connectivity index (χ3n) is 1.91. The van der Waals surface area contributed by atoms with Crippen LogP contribution in [-0.4, -0.2) is 12.2 Å². The zero-order valence-electron chi connectivity index (χ0n) is 7.90. The normalized spacial score (nSPS) is 11.5. The van der Waals surface area contributed by atoms with Gasteiger partial charge in [-0.3, -0.25) is 0 Å². The number of rotatable bonds is 3. The number of nitriles is 1. The van der Waals surface area contributed by atoms with Crippen molar-refractivity contribution in [1.82, 2.24) is 0 Å². The summed E-state index contributed by atoms with van der Waals surface area (Å²) in [6.07, 6.45) is -0.925. The van der Waals surface area contributed by atoms with Gasteiger partial charge in [0.15, 0.2) is 0 Å². The van der Waals surface area contributed by atoms with Gasteiger partial charge in [-0.15, -0.1) is 0 Å². The van der Waals surface area contributed by atoms with Crippen molar-refractivity contribution < 1.29 is 9.84 Å². The molecule has 3 nitrogen and oxygen atoms in total. The number of nitrogens with zero attached hydrogens (tertiary/aromatic N) is 1. The predicted octanol–water partition coefficient (Wildman–Crippen LogP) is 1.81. The zero-order valence-corrected chi connectivity index (χ0v) is 7.90. The van der Waals surface area contributed by atoms with E-state index in [-0.39, 0.29) is 5.57 Å². The van der Waals surface area contributed by atoms with Crippen LogP contribution < -0.4 is 4.74 Å².